The summed E-state index contributed by atoms with van der Waals surface area (Å²) in [5.41, 5.74) is 1.84. The van der Waals surface area contributed by atoms with Crippen molar-refractivity contribution < 1.29 is 19.2 Å². The second-order valence-corrected chi connectivity index (χ2v) is 10.2. The number of hydrogen-bond acceptors (Lipinski definition) is 8. The summed E-state index contributed by atoms with van der Waals surface area (Å²) in [5, 5.41) is 11.5. The molecule has 0 bridgehead atoms. The molecule has 1 amide bonds. The number of esters is 1. The molecule has 1 aromatic heterocycles. The topological polar surface area (TPSA) is 124 Å². The van der Waals surface area contributed by atoms with Crippen LogP contribution in [0.5, 0.6) is 0 Å². The third-order valence-electron chi connectivity index (χ3n) is 6.77. The Bertz CT molecular complexity index is 1730. The number of fused-ring (bicyclic) bond motifs is 2. The first-order valence-corrected chi connectivity index (χ1v) is 13.5. The lowest BCUT2D eigenvalue weighted by Gasteiger charge is -2.24. The highest BCUT2D eigenvalue weighted by Crippen LogP contribution is 2.36. The quantitative estimate of drug-likeness (QED) is 0.255. The summed E-state index contributed by atoms with van der Waals surface area (Å²) in [5.74, 6) is -0.926. The predicted molar refractivity (Wildman–Crippen MR) is 146 cm³/mol. The molecule has 3 heterocycles. The maximum atomic E-state index is 14.1. The summed E-state index contributed by atoms with van der Waals surface area (Å²) in [6, 6.07) is 12.2. The van der Waals surface area contributed by atoms with Gasteiger partial charge in [0.25, 0.3) is 17.2 Å². The minimum atomic E-state index is -1.02. The summed E-state index contributed by atoms with van der Waals surface area (Å²) in [6.45, 7) is 5.98. The lowest BCUT2D eigenvalue weighted by Crippen LogP contribution is -2.41. The van der Waals surface area contributed by atoms with Gasteiger partial charge in [0.1, 0.15) is 4.53 Å². The second kappa shape index (κ2) is 10.4. The van der Waals surface area contributed by atoms with Crippen LogP contribution in [0.1, 0.15) is 50.8 Å². The minimum Gasteiger partial charge on any atom is -0.463 e. The lowest BCUT2D eigenvalue weighted by atomic mass is 9.95. The zero-order valence-corrected chi connectivity index (χ0v) is 22.5. The summed E-state index contributed by atoms with van der Waals surface area (Å²) in [4.78, 5) is 58.5. The van der Waals surface area contributed by atoms with Gasteiger partial charge in [-0.1, -0.05) is 55.0 Å². The van der Waals surface area contributed by atoms with Gasteiger partial charge in [-0.15, -0.1) is 0 Å². The number of para-hydroxylation sites is 1. The normalized spacial score (nSPS) is 17.6. The number of ether oxygens (including phenoxy) is 1. The molecule has 0 fully saturated rings. The van der Waals surface area contributed by atoms with Crippen LogP contribution in [0.15, 0.2) is 69.6 Å². The van der Waals surface area contributed by atoms with E-state index in [1.807, 2.05) is 31.2 Å². The van der Waals surface area contributed by atoms with Crippen molar-refractivity contribution in [3.05, 3.63) is 101 Å². The van der Waals surface area contributed by atoms with Crippen molar-refractivity contribution in [3.63, 3.8) is 0 Å². The maximum Gasteiger partial charge on any atom is 0.338 e. The van der Waals surface area contributed by atoms with Crippen LogP contribution in [-0.4, -0.2) is 34.5 Å². The molecule has 3 aromatic rings. The summed E-state index contributed by atoms with van der Waals surface area (Å²) in [7, 11) is 0. The van der Waals surface area contributed by atoms with Gasteiger partial charge in [0.2, 0.25) is 0 Å². The molecule has 2 aliphatic rings. The lowest BCUT2D eigenvalue weighted by molar-refractivity contribution is -0.384. The maximum absolute atomic E-state index is 14.1. The molecule has 0 aliphatic carbocycles. The molecule has 200 valence electrons. The number of nitro groups is 1. The largest absolute Gasteiger partial charge is 0.463 e. The number of non-ortho nitro benzene ring substituents is 1. The monoisotopic (exact) mass is 546 g/mol. The van der Waals surface area contributed by atoms with Gasteiger partial charge in [-0.2, -0.15) is 0 Å². The van der Waals surface area contributed by atoms with Crippen LogP contribution in [0.25, 0.3) is 5.57 Å². The molecule has 1 atom stereocenters. The molecule has 0 radical (unpaired) electrons. The Kier molecular flexibility index (Phi) is 7.00. The van der Waals surface area contributed by atoms with Crippen LogP contribution >= 0.6 is 11.3 Å². The highest BCUT2D eigenvalue weighted by Gasteiger charge is 2.37. The Hall–Kier alpha value is -4.38. The number of rotatable bonds is 7. The van der Waals surface area contributed by atoms with Gasteiger partial charge < -0.3 is 9.64 Å². The molecule has 10 nitrogen and oxygen atoms in total. The number of carbonyl (C=O) groups excluding carboxylic acids is 2. The van der Waals surface area contributed by atoms with Crippen LogP contribution < -0.4 is 19.8 Å². The van der Waals surface area contributed by atoms with Crippen molar-refractivity contribution in [2.45, 2.75) is 39.7 Å². The molecular formula is C28H26N4O6S. The Labute approximate surface area is 227 Å². The summed E-state index contributed by atoms with van der Waals surface area (Å²) < 4.78 is 6.84. The zero-order chi connectivity index (χ0) is 27.8. The smallest absolute Gasteiger partial charge is 0.338 e. The van der Waals surface area contributed by atoms with E-state index in [1.165, 1.54) is 22.8 Å². The molecule has 2 aliphatic heterocycles. The predicted octanol–water partition coefficient (Wildman–Crippen LogP) is 3.22. The number of nitrogens with zero attached hydrogens (tertiary/aromatic N) is 4. The number of hydrogen-bond donors (Lipinski definition) is 0. The van der Waals surface area contributed by atoms with Gasteiger partial charge in [0.15, 0.2) is 4.80 Å². The number of allylic oxidation sites excluding steroid dienone is 1. The molecule has 0 saturated heterocycles. The van der Waals surface area contributed by atoms with E-state index in [9.17, 15) is 24.5 Å². The fraction of sp³-hybridized carbons (Fsp3) is 0.286. The average Bonchev–Trinajstić information content (AvgIpc) is 3.38. The van der Waals surface area contributed by atoms with Crippen molar-refractivity contribution >= 4 is 40.2 Å². The number of carbonyl (C=O) groups is 2. The van der Waals surface area contributed by atoms with Crippen LogP contribution in [0.4, 0.5) is 11.4 Å². The highest BCUT2D eigenvalue weighted by atomic mass is 32.1. The number of thiazole rings is 1. The van der Waals surface area contributed by atoms with Crippen molar-refractivity contribution in [1.82, 2.24) is 4.57 Å². The standard InChI is InChI=1S/C28H26N4O6S/c1-4-6-14-30-20-13-8-7-12-19(20)22(25(30)33)24-26(34)31-23(17-10-9-11-18(15-17)32(36)37)21(27(35)38-5-2)16(3)29-28(31)39-24/h7-13,15,23H,4-6,14H2,1-3H3. The zero-order valence-electron chi connectivity index (χ0n) is 21.7. The second-order valence-electron chi connectivity index (χ2n) is 9.18. The average molecular weight is 547 g/mol. The van der Waals surface area contributed by atoms with Crippen LogP contribution in [0.2, 0.25) is 0 Å². The van der Waals surface area contributed by atoms with Gasteiger partial charge in [-0.05, 0) is 31.9 Å². The van der Waals surface area contributed by atoms with E-state index in [1.54, 1.807) is 24.8 Å². The Balaban J connectivity index is 1.80. The molecule has 0 N–H and O–H groups in total. The Morgan fingerprint density at radius 2 is 1.92 bits per heavy atom. The number of nitro benzene ring substituents is 1. The first-order valence-electron chi connectivity index (χ1n) is 12.7. The molecule has 39 heavy (non-hydrogen) atoms. The van der Waals surface area contributed by atoms with E-state index < -0.39 is 22.5 Å². The highest BCUT2D eigenvalue weighted by molar-refractivity contribution is 7.07. The summed E-state index contributed by atoms with van der Waals surface area (Å²) in [6.07, 6.45) is 1.71. The number of benzene rings is 2. The van der Waals surface area contributed by atoms with Crippen molar-refractivity contribution in [2.75, 3.05) is 18.1 Å². The molecule has 0 spiro atoms. The first-order chi connectivity index (χ1) is 18.8. The van der Waals surface area contributed by atoms with Crippen molar-refractivity contribution in [1.29, 1.82) is 0 Å². The molecular weight excluding hydrogens is 520 g/mol. The van der Waals surface area contributed by atoms with Crippen molar-refractivity contribution in [2.24, 2.45) is 4.99 Å². The van der Waals surface area contributed by atoms with Gasteiger partial charge in [0, 0.05) is 24.2 Å². The molecule has 0 saturated carbocycles. The van der Waals surface area contributed by atoms with E-state index in [4.69, 9.17) is 4.74 Å². The van der Waals surface area contributed by atoms with E-state index in [-0.39, 0.29) is 28.3 Å². The van der Waals surface area contributed by atoms with Crippen molar-refractivity contribution in [3.8, 4) is 0 Å². The van der Waals surface area contributed by atoms with Crippen LogP contribution in [0.3, 0.4) is 0 Å². The van der Waals surface area contributed by atoms with Gasteiger partial charge in [-0.25, -0.2) is 9.79 Å². The van der Waals surface area contributed by atoms with Gasteiger partial charge in [-0.3, -0.25) is 24.3 Å². The van der Waals surface area contributed by atoms with Crippen LogP contribution in [-0.2, 0) is 14.3 Å². The molecule has 1 unspecified atom stereocenters. The molecule has 2 aromatic carbocycles. The first kappa shape index (κ1) is 26.2. The SMILES string of the molecule is CCCCN1C(=O)C(=c2sc3n(c2=O)C(c2cccc([N+](=O)[O-])c2)C(C(=O)OCC)=C(C)N=3)c2ccccc21. The van der Waals surface area contributed by atoms with Gasteiger partial charge >= 0.3 is 5.97 Å². The molecule has 11 heteroatoms. The fourth-order valence-corrected chi connectivity index (χ4v) is 6.14. The third kappa shape index (κ3) is 4.38. The van der Waals surface area contributed by atoms with E-state index in [0.29, 0.717) is 33.7 Å². The molecule has 5 rings (SSSR count). The summed E-state index contributed by atoms with van der Waals surface area (Å²) >= 11 is 1.07. The fourth-order valence-electron chi connectivity index (χ4n) is 5.00. The van der Waals surface area contributed by atoms with E-state index in [2.05, 4.69) is 4.99 Å². The number of amides is 1. The Morgan fingerprint density at radius 3 is 2.64 bits per heavy atom. The number of aromatic nitrogens is 1. The number of unbranched alkanes of at least 4 members (excludes halogenated alkanes) is 1. The third-order valence-corrected chi connectivity index (χ3v) is 7.83. The van der Waals surface area contributed by atoms with Gasteiger partial charge in [0.05, 0.1) is 40.1 Å². The van der Waals surface area contributed by atoms with E-state index in [0.717, 1.165) is 29.9 Å². The number of anilines is 1. The Morgan fingerprint density at radius 1 is 1.15 bits per heavy atom. The van der Waals surface area contributed by atoms with Crippen LogP contribution in [0, 0.1) is 10.1 Å². The van der Waals surface area contributed by atoms with E-state index >= 15 is 0 Å². The minimum absolute atomic E-state index is 0.102.